The Bertz CT molecular complexity index is 369. The average molecular weight is 304 g/mol. The summed E-state index contributed by atoms with van der Waals surface area (Å²) in [6.07, 6.45) is 23.1. The quantitative estimate of drug-likeness (QED) is 0.262. The predicted molar refractivity (Wildman–Crippen MR) is 94.8 cm³/mol. The third kappa shape index (κ3) is 18.5. The number of allylic oxidation sites excluding steroid dienone is 4. The van der Waals surface area contributed by atoms with Crippen LogP contribution < -0.4 is 0 Å². The van der Waals surface area contributed by atoms with Gasteiger partial charge in [0.15, 0.2) is 0 Å². The van der Waals surface area contributed by atoms with Gasteiger partial charge in [0.1, 0.15) is 0 Å². The molecule has 124 valence electrons. The molecule has 0 spiro atoms. The lowest BCUT2D eigenvalue weighted by atomic mass is 10.1. The van der Waals surface area contributed by atoms with Crippen LogP contribution in [0.2, 0.25) is 0 Å². The van der Waals surface area contributed by atoms with E-state index in [-0.39, 0.29) is 0 Å². The Kier molecular flexibility index (Phi) is 16.4. The molecule has 0 fully saturated rings. The van der Waals surface area contributed by atoms with Crippen molar-refractivity contribution in [1.29, 1.82) is 0 Å². The zero-order valence-electron chi connectivity index (χ0n) is 14.2. The van der Waals surface area contributed by atoms with Crippen molar-refractivity contribution in [1.82, 2.24) is 0 Å². The third-order valence-electron chi connectivity index (χ3n) is 3.45. The van der Waals surface area contributed by atoms with Crippen LogP contribution >= 0.6 is 0 Å². The minimum absolute atomic E-state index is 0.705. The third-order valence-corrected chi connectivity index (χ3v) is 3.45. The van der Waals surface area contributed by atoms with Crippen molar-refractivity contribution in [2.24, 2.45) is 0 Å². The van der Waals surface area contributed by atoms with Gasteiger partial charge in [0.25, 0.3) is 0 Å². The molecular weight excluding hydrogens is 272 g/mol. The molecule has 22 heavy (non-hydrogen) atoms. The van der Waals surface area contributed by atoms with Crippen LogP contribution in [0.5, 0.6) is 0 Å². The maximum absolute atomic E-state index is 10.2. The lowest BCUT2D eigenvalue weighted by Crippen LogP contribution is -1.86. The first kappa shape index (κ1) is 20.5. The molecule has 0 radical (unpaired) electrons. The van der Waals surface area contributed by atoms with Gasteiger partial charge in [-0.05, 0) is 38.5 Å². The van der Waals surface area contributed by atoms with E-state index >= 15 is 0 Å². The Morgan fingerprint density at radius 1 is 0.864 bits per heavy atom. The number of aliphatic carboxylic acids is 1. The smallest absolute Gasteiger partial charge is 0.381 e. The Balaban J connectivity index is 3.24. The molecule has 0 bridgehead atoms. The molecule has 0 heterocycles. The number of hydrogen-bond acceptors (Lipinski definition) is 1. The fourth-order valence-electron chi connectivity index (χ4n) is 2.16. The molecule has 0 aliphatic rings. The highest BCUT2D eigenvalue weighted by Crippen LogP contribution is 2.07. The van der Waals surface area contributed by atoms with E-state index in [1.54, 1.807) is 0 Å². The van der Waals surface area contributed by atoms with Gasteiger partial charge in [-0.3, -0.25) is 0 Å². The number of carboxylic acid groups (broad SMARTS) is 1. The normalized spacial score (nSPS) is 11.0. The van der Waals surface area contributed by atoms with E-state index < -0.39 is 5.97 Å². The molecule has 0 atom stereocenters. The summed E-state index contributed by atoms with van der Waals surface area (Å²) in [5.74, 6) is 3.79. The van der Waals surface area contributed by atoms with Crippen molar-refractivity contribution in [2.45, 2.75) is 84.0 Å². The molecule has 0 saturated heterocycles. The molecular formula is C20H32O2. The molecule has 0 unspecified atom stereocenters. The lowest BCUT2D eigenvalue weighted by Gasteiger charge is -1.97. The van der Waals surface area contributed by atoms with Crippen molar-refractivity contribution in [2.75, 3.05) is 0 Å². The first-order valence-electron chi connectivity index (χ1n) is 8.79. The molecule has 0 rings (SSSR count). The van der Waals surface area contributed by atoms with Gasteiger partial charge >= 0.3 is 5.97 Å². The molecule has 2 heteroatoms. The second-order valence-corrected chi connectivity index (χ2v) is 5.59. The number of hydrogen-bond donors (Lipinski definition) is 1. The van der Waals surface area contributed by atoms with Crippen LogP contribution in [0.4, 0.5) is 0 Å². The van der Waals surface area contributed by atoms with E-state index in [1.807, 2.05) is 0 Å². The van der Waals surface area contributed by atoms with Gasteiger partial charge < -0.3 is 5.11 Å². The lowest BCUT2D eigenvalue weighted by molar-refractivity contribution is -0.130. The monoisotopic (exact) mass is 304 g/mol. The summed E-state index contributed by atoms with van der Waals surface area (Å²) in [4.78, 5) is 10.2. The molecule has 0 aliphatic heterocycles. The summed E-state index contributed by atoms with van der Waals surface area (Å²) < 4.78 is 0. The Labute approximate surface area is 136 Å². The molecule has 0 aromatic carbocycles. The number of rotatable bonds is 13. The highest BCUT2D eigenvalue weighted by Gasteiger charge is 1.89. The average Bonchev–Trinajstić information content (AvgIpc) is 2.50. The zero-order valence-corrected chi connectivity index (χ0v) is 14.2. The van der Waals surface area contributed by atoms with E-state index in [2.05, 4.69) is 43.1 Å². The van der Waals surface area contributed by atoms with Gasteiger partial charge in [0.2, 0.25) is 0 Å². The second-order valence-electron chi connectivity index (χ2n) is 5.59. The van der Waals surface area contributed by atoms with Crippen molar-refractivity contribution in [3.8, 4) is 11.8 Å². The van der Waals surface area contributed by atoms with E-state index in [1.165, 1.54) is 51.4 Å². The number of unbranched alkanes of at least 4 members (excludes halogenated alkanes) is 9. The van der Waals surface area contributed by atoms with Gasteiger partial charge in [-0.2, -0.15) is 0 Å². The van der Waals surface area contributed by atoms with Crippen LogP contribution in [0.3, 0.4) is 0 Å². The van der Waals surface area contributed by atoms with Crippen molar-refractivity contribution in [3.05, 3.63) is 24.3 Å². The largest absolute Gasteiger partial charge is 0.472 e. The Morgan fingerprint density at radius 3 is 2.09 bits per heavy atom. The zero-order chi connectivity index (χ0) is 16.3. The van der Waals surface area contributed by atoms with Crippen LogP contribution in [0.25, 0.3) is 0 Å². The van der Waals surface area contributed by atoms with E-state index in [4.69, 9.17) is 5.11 Å². The van der Waals surface area contributed by atoms with E-state index in [0.29, 0.717) is 6.42 Å². The maximum Gasteiger partial charge on any atom is 0.381 e. The first-order chi connectivity index (χ1) is 10.8. The van der Waals surface area contributed by atoms with Gasteiger partial charge in [-0.1, -0.05) is 69.3 Å². The highest BCUT2D eigenvalue weighted by atomic mass is 16.4. The molecule has 1 N–H and O–H groups in total. The van der Waals surface area contributed by atoms with Crippen LogP contribution in [0.1, 0.15) is 84.0 Å². The summed E-state index contributed by atoms with van der Waals surface area (Å²) in [5.41, 5.74) is 0. The minimum Gasteiger partial charge on any atom is -0.472 e. The van der Waals surface area contributed by atoms with Crippen molar-refractivity contribution >= 4 is 5.97 Å². The summed E-state index contributed by atoms with van der Waals surface area (Å²) >= 11 is 0. The van der Waals surface area contributed by atoms with Crippen LogP contribution in [-0.4, -0.2) is 11.1 Å². The summed E-state index contributed by atoms with van der Waals surface area (Å²) in [5, 5.41) is 8.35. The topological polar surface area (TPSA) is 37.3 Å². The summed E-state index contributed by atoms with van der Waals surface area (Å²) in [7, 11) is 0. The van der Waals surface area contributed by atoms with Crippen LogP contribution in [-0.2, 0) is 4.79 Å². The van der Waals surface area contributed by atoms with Crippen molar-refractivity contribution in [3.63, 3.8) is 0 Å². The van der Waals surface area contributed by atoms with Crippen LogP contribution in [0, 0.1) is 11.8 Å². The fraction of sp³-hybridized carbons (Fsp3) is 0.650. The van der Waals surface area contributed by atoms with E-state index in [0.717, 1.165) is 19.3 Å². The highest BCUT2D eigenvalue weighted by molar-refractivity contribution is 5.86. The maximum atomic E-state index is 10.2. The van der Waals surface area contributed by atoms with Crippen LogP contribution in [0.15, 0.2) is 24.3 Å². The second kappa shape index (κ2) is 17.6. The van der Waals surface area contributed by atoms with Gasteiger partial charge in [-0.15, -0.1) is 0 Å². The van der Waals surface area contributed by atoms with Crippen molar-refractivity contribution < 1.29 is 9.90 Å². The Morgan fingerprint density at radius 2 is 1.45 bits per heavy atom. The van der Waals surface area contributed by atoms with E-state index in [9.17, 15) is 4.79 Å². The summed E-state index contributed by atoms with van der Waals surface area (Å²) in [6.45, 7) is 2.24. The minimum atomic E-state index is -1.03. The number of carboxylic acids is 1. The Hall–Kier alpha value is -1.49. The number of carbonyl (C=O) groups is 1. The van der Waals surface area contributed by atoms with Gasteiger partial charge in [-0.25, -0.2) is 4.79 Å². The first-order valence-corrected chi connectivity index (χ1v) is 8.79. The molecule has 0 saturated carbocycles. The molecule has 0 aromatic heterocycles. The van der Waals surface area contributed by atoms with Gasteiger partial charge in [0, 0.05) is 12.3 Å². The summed E-state index contributed by atoms with van der Waals surface area (Å²) in [6, 6.07) is 0. The molecule has 2 nitrogen and oxygen atoms in total. The van der Waals surface area contributed by atoms with Gasteiger partial charge in [0.05, 0.1) is 0 Å². The molecule has 0 aromatic rings. The molecule has 0 amide bonds. The standard InChI is InChI=1S/C20H32O2/c1-2-3-4-5-6-7-8-9-10-11-12-13-14-15-16-17-18-19-20(21)22/h6-7,9-10H,2-5,8,11-17H2,1H3,(H,21,22)/b7-6+,10-9+. The fourth-order valence-corrected chi connectivity index (χ4v) is 2.16. The SMILES string of the molecule is CCCCC/C=C/C/C=C/CCCCCCCC#CC(=O)O. The molecule has 0 aliphatic carbocycles. The predicted octanol–water partition coefficient (Wildman–Crippen LogP) is 5.89.